The fraction of sp³-hybridized carbons (Fsp3) is 0.737. The number of hydrogen-bond acceptors (Lipinski definition) is 5. The Balaban J connectivity index is 1.25. The van der Waals surface area contributed by atoms with Gasteiger partial charge in [-0.05, 0) is 36.6 Å². The Morgan fingerprint density at radius 2 is 2.19 bits per heavy atom. The van der Waals surface area contributed by atoms with Gasteiger partial charge in [-0.3, -0.25) is 0 Å². The smallest absolute Gasteiger partial charge is 0.317 e. The Morgan fingerprint density at radius 3 is 2.92 bits per heavy atom. The summed E-state index contributed by atoms with van der Waals surface area (Å²) in [6, 6.07) is 4.10. The molecule has 144 valence electrons. The molecule has 4 heterocycles. The molecule has 26 heavy (non-hydrogen) atoms. The van der Waals surface area contributed by atoms with Crippen molar-refractivity contribution < 1.29 is 14.3 Å². The van der Waals surface area contributed by atoms with Crippen molar-refractivity contribution in [3.05, 3.63) is 22.4 Å². The second kappa shape index (κ2) is 8.25. The fourth-order valence-electron chi connectivity index (χ4n) is 4.24. The molecule has 0 aromatic carbocycles. The highest BCUT2D eigenvalue weighted by Crippen LogP contribution is 2.31. The molecule has 0 bridgehead atoms. The molecule has 0 radical (unpaired) electrons. The van der Waals surface area contributed by atoms with E-state index in [1.165, 1.54) is 11.3 Å². The Hall–Kier alpha value is -1.15. The van der Waals surface area contributed by atoms with E-state index in [4.69, 9.17) is 9.47 Å². The molecule has 1 atom stereocenters. The van der Waals surface area contributed by atoms with Gasteiger partial charge in [0.2, 0.25) is 0 Å². The molecular formula is C19H29N3O3S. The van der Waals surface area contributed by atoms with E-state index in [-0.39, 0.29) is 11.6 Å². The Bertz CT molecular complexity index is 581. The van der Waals surface area contributed by atoms with Crippen molar-refractivity contribution in [2.45, 2.75) is 31.4 Å². The van der Waals surface area contributed by atoms with Gasteiger partial charge >= 0.3 is 6.03 Å². The van der Waals surface area contributed by atoms with Crippen LogP contribution in [-0.2, 0) is 16.0 Å². The van der Waals surface area contributed by atoms with Crippen LogP contribution < -0.4 is 5.32 Å². The molecule has 0 aliphatic carbocycles. The van der Waals surface area contributed by atoms with Crippen LogP contribution in [0.2, 0.25) is 0 Å². The molecule has 3 fully saturated rings. The van der Waals surface area contributed by atoms with Crippen molar-refractivity contribution >= 4 is 17.4 Å². The van der Waals surface area contributed by atoms with Gasteiger partial charge in [0, 0.05) is 37.7 Å². The first-order chi connectivity index (χ1) is 12.7. The van der Waals surface area contributed by atoms with Gasteiger partial charge in [0.05, 0.1) is 31.9 Å². The topological polar surface area (TPSA) is 54.0 Å². The van der Waals surface area contributed by atoms with Gasteiger partial charge in [-0.1, -0.05) is 6.07 Å². The zero-order valence-corrected chi connectivity index (χ0v) is 16.1. The summed E-state index contributed by atoms with van der Waals surface area (Å²) in [6.45, 7) is 7.73. The molecule has 3 aliphatic heterocycles. The minimum atomic E-state index is -0.152. The van der Waals surface area contributed by atoms with E-state index in [2.05, 4.69) is 16.3 Å². The van der Waals surface area contributed by atoms with Crippen LogP contribution in [-0.4, -0.2) is 74.0 Å². The van der Waals surface area contributed by atoms with E-state index in [0.717, 1.165) is 45.7 Å². The summed E-state index contributed by atoms with van der Waals surface area (Å²) in [5.74, 6) is 0.691. The lowest BCUT2D eigenvalue weighted by atomic mass is 9.89. The van der Waals surface area contributed by atoms with Crippen LogP contribution in [0.25, 0.3) is 0 Å². The third kappa shape index (κ3) is 4.39. The molecule has 3 saturated heterocycles. The Kier molecular flexibility index (Phi) is 5.78. The minimum absolute atomic E-state index is 0.0339. The molecule has 4 rings (SSSR count). The van der Waals surface area contributed by atoms with Crippen molar-refractivity contribution in [3.8, 4) is 0 Å². The Morgan fingerprint density at radius 1 is 1.31 bits per heavy atom. The zero-order chi connectivity index (χ0) is 17.8. The highest BCUT2D eigenvalue weighted by Gasteiger charge is 2.41. The third-order valence-corrected chi connectivity index (χ3v) is 6.71. The number of rotatable bonds is 4. The van der Waals surface area contributed by atoms with Gasteiger partial charge < -0.3 is 24.6 Å². The van der Waals surface area contributed by atoms with Crippen molar-refractivity contribution in [1.82, 2.24) is 15.1 Å². The van der Waals surface area contributed by atoms with E-state index >= 15 is 0 Å². The highest BCUT2D eigenvalue weighted by molar-refractivity contribution is 7.09. The number of thiophene rings is 1. The fourth-order valence-corrected chi connectivity index (χ4v) is 4.89. The zero-order valence-electron chi connectivity index (χ0n) is 15.3. The van der Waals surface area contributed by atoms with Gasteiger partial charge in [-0.15, -0.1) is 11.3 Å². The molecule has 1 N–H and O–H groups in total. The number of carbonyl (C=O) groups is 1. The molecule has 1 unspecified atom stereocenters. The third-order valence-electron chi connectivity index (χ3n) is 5.84. The number of ether oxygens (including phenoxy) is 2. The lowest BCUT2D eigenvalue weighted by Crippen LogP contribution is -2.59. The van der Waals surface area contributed by atoms with Gasteiger partial charge in [0.15, 0.2) is 0 Å². The van der Waals surface area contributed by atoms with Gasteiger partial charge in [-0.2, -0.15) is 0 Å². The molecule has 0 saturated carbocycles. The maximum absolute atomic E-state index is 12.6. The maximum Gasteiger partial charge on any atom is 0.317 e. The summed E-state index contributed by atoms with van der Waals surface area (Å²) < 4.78 is 11.7. The molecular weight excluding hydrogens is 350 g/mol. The number of urea groups is 1. The average molecular weight is 380 g/mol. The van der Waals surface area contributed by atoms with E-state index in [1.807, 2.05) is 16.3 Å². The second-order valence-electron chi connectivity index (χ2n) is 7.72. The second-order valence-corrected chi connectivity index (χ2v) is 8.75. The largest absolute Gasteiger partial charge is 0.381 e. The van der Waals surface area contributed by atoms with Crippen LogP contribution >= 0.6 is 11.3 Å². The number of carbonyl (C=O) groups excluding carboxylic acids is 1. The quantitative estimate of drug-likeness (QED) is 0.871. The van der Waals surface area contributed by atoms with E-state index in [0.29, 0.717) is 32.2 Å². The van der Waals surface area contributed by atoms with Gasteiger partial charge in [0.1, 0.15) is 0 Å². The molecule has 1 spiro atoms. The molecule has 2 amide bonds. The summed E-state index contributed by atoms with van der Waals surface area (Å²) in [6.07, 6.45) is 3.21. The molecule has 6 nitrogen and oxygen atoms in total. The first-order valence-corrected chi connectivity index (χ1v) is 10.6. The van der Waals surface area contributed by atoms with Crippen LogP contribution in [0, 0.1) is 5.92 Å². The molecule has 1 aromatic rings. The lowest BCUT2D eigenvalue weighted by molar-refractivity contribution is -0.126. The normalized spacial score (nSPS) is 26.3. The summed E-state index contributed by atoms with van der Waals surface area (Å²) in [5, 5.41) is 5.09. The average Bonchev–Trinajstić information content (AvgIpc) is 3.36. The number of nitrogens with zero attached hydrogens (tertiary/aromatic N) is 2. The predicted molar refractivity (Wildman–Crippen MR) is 101 cm³/mol. The first kappa shape index (κ1) is 18.2. The summed E-state index contributed by atoms with van der Waals surface area (Å²) in [4.78, 5) is 18.2. The van der Waals surface area contributed by atoms with Crippen LogP contribution in [0.5, 0.6) is 0 Å². The van der Waals surface area contributed by atoms with E-state index in [9.17, 15) is 4.79 Å². The number of hydrogen-bond donors (Lipinski definition) is 1. The minimum Gasteiger partial charge on any atom is -0.381 e. The lowest BCUT2D eigenvalue weighted by Gasteiger charge is -2.47. The van der Waals surface area contributed by atoms with Crippen LogP contribution in [0.1, 0.15) is 24.1 Å². The predicted octanol–water partition coefficient (Wildman–Crippen LogP) is 2.16. The summed E-state index contributed by atoms with van der Waals surface area (Å²) in [5.41, 5.74) is -0.152. The number of likely N-dealkylation sites (tertiary alicyclic amines) is 1. The van der Waals surface area contributed by atoms with Crippen LogP contribution in [0.4, 0.5) is 4.79 Å². The first-order valence-electron chi connectivity index (χ1n) is 9.72. The standard InChI is InChI=1S/C19H29N3O3S/c23-18(20-12-17-2-1-11-26-17)22-8-10-25-19(15-22)4-6-21(7-5-19)13-16-3-9-24-14-16/h1-2,11,16H,3-10,12-15H2,(H,20,23). The van der Waals surface area contributed by atoms with Crippen molar-refractivity contribution in [1.29, 1.82) is 0 Å². The van der Waals surface area contributed by atoms with Crippen molar-refractivity contribution in [3.63, 3.8) is 0 Å². The number of amides is 2. The van der Waals surface area contributed by atoms with E-state index < -0.39 is 0 Å². The molecule has 7 heteroatoms. The maximum atomic E-state index is 12.6. The molecule has 1 aromatic heterocycles. The van der Waals surface area contributed by atoms with Gasteiger partial charge in [0.25, 0.3) is 0 Å². The Labute approximate surface area is 159 Å². The van der Waals surface area contributed by atoms with Crippen molar-refractivity contribution in [2.75, 3.05) is 52.5 Å². The van der Waals surface area contributed by atoms with Gasteiger partial charge in [-0.25, -0.2) is 4.79 Å². The summed E-state index contributed by atoms with van der Waals surface area (Å²) in [7, 11) is 0. The van der Waals surface area contributed by atoms with Crippen LogP contribution in [0.3, 0.4) is 0 Å². The SMILES string of the molecule is O=C(NCc1cccs1)N1CCOC2(CCN(CC3CCOC3)CC2)C1. The van der Waals surface area contributed by atoms with E-state index in [1.54, 1.807) is 11.3 Å². The van der Waals surface area contributed by atoms with Crippen LogP contribution in [0.15, 0.2) is 17.5 Å². The highest BCUT2D eigenvalue weighted by atomic mass is 32.1. The number of piperidine rings is 1. The summed E-state index contributed by atoms with van der Waals surface area (Å²) >= 11 is 1.67. The number of morpholine rings is 1. The number of nitrogens with one attached hydrogen (secondary N) is 1. The molecule has 3 aliphatic rings. The monoisotopic (exact) mass is 379 g/mol. The van der Waals surface area contributed by atoms with Crippen molar-refractivity contribution in [2.24, 2.45) is 5.92 Å².